The van der Waals surface area contributed by atoms with E-state index >= 15 is 0 Å². The van der Waals surface area contributed by atoms with E-state index in [1.165, 1.54) is 315 Å². The van der Waals surface area contributed by atoms with Crippen molar-refractivity contribution in [2.24, 2.45) is 0 Å². The number of nitrogens with one attached hydrogen (secondary N) is 1. The van der Waals surface area contributed by atoms with Gasteiger partial charge < -0.3 is 20.3 Å². The number of rotatable bonds is 67. The number of hydrogen-bond acceptors (Lipinski definition) is 5. The molecule has 3 N–H and O–H groups in total. The van der Waals surface area contributed by atoms with E-state index in [4.69, 9.17) is 4.74 Å². The largest absolute Gasteiger partial charge is 0.466 e. The van der Waals surface area contributed by atoms with Gasteiger partial charge in [-0.1, -0.05) is 352 Å². The summed E-state index contributed by atoms with van der Waals surface area (Å²) in [6.45, 7) is 4.91. The Kier molecular flexibility index (Phi) is 66.9. The first-order valence-electron chi connectivity index (χ1n) is 35.8. The van der Waals surface area contributed by atoms with Gasteiger partial charge >= 0.3 is 5.97 Å². The second kappa shape index (κ2) is 68.6. The van der Waals surface area contributed by atoms with Crippen LogP contribution in [0.1, 0.15) is 393 Å². The van der Waals surface area contributed by atoms with Crippen LogP contribution in [0.4, 0.5) is 0 Å². The van der Waals surface area contributed by atoms with Crippen LogP contribution in [0.5, 0.6) is 0 Å². The Morgan fingerprint density at radius 3 is 0.975 bits per heavy atom. The number of ether oxygens (including phenoxy) is 1. The number of esters is 1. The third-order valence-electron chi connectivity index (χ3n) is 16.7. The van der Waals surface area contributed by atoms with E-state index in [1.54, 1.807) is 6.08 Å². The second-order valence-corrected chi connectivity index (χ2v) is 24.6. The summed E-state index contributed by atoms with van der Waals surface area (Å²) in [5, 5.41) is 23.3. The number of hydrogen-bond donors (Lipinski definition) is 3. The summed E-state index contributed by atoms with van der Waals surface area (Å²) >= 11 is 0. The fraction of sp³-hybridized carbons (Fsp3) is 0.890. The molecule has 0 aromatic heterocycles. The number of aliphatic hydroxyl groups is 2. The minimum Gasteiger partial charge on any atom is -0.466 e. The maximum atomic E-state index is 12.5. The minimum absolute atomic E-state index is 0.00181. The topological polar surface area (TPSA) is 95.9 Å². The summed E-state index contributed by atoms with van der Waals surface area (Å²) in [7, 11) is 0. The Hall–Kier alpha value is -1.92. The van der Waals surface area contributed by atoms with Gasteiger partial charge in [0.15, 0.2) is 0 Å². The highest BCUT2D eigenvalue weighted by atomic mass is 16.5. The molecule has 6 nitrogen and oxygen atoms in total. The van der Waals surface area contributed by atoms with Gasteiger partial charge in [0.25, 0.3) is 0 Å². The molecule has 0 aliphatic heterocycles. The van der Waals surface area contributed by atoms with Crippen LogP contribution in [0.3, 0.4) is 0 Å². The first kappa shape index (κ1) is 77.1. The Morgan fingerprint density at radius 2 is 0.633 bits per heavy atom. The number of carbonyl (C=O) groups excluding carboxylic acids is 2. The molecule has 2 unspecified atom stereocenters. The first-order valence-corrected chi connectivity index (χ1v) is 35.8. The molecule has 0 bridgehead atoms. The van der Waals surface area contributed by atoms with Crippen molar-refractivity contribution in [3.8, 4) is 0 Å². The number of aliphatic hydroxyl groups excluding tert-OH is 2. The highest BCUT2D eigenvalue weighted by Gasteiger charge is 2.18. The maximum absolute atomic E-state index is 12.5. The van der Waals surface area contributed by atoms with Gasteiger partial charge in [-0.05, 0) is 64.2 Å². The van der Waals surface area contributed by atoms with Gasteiger partial charge in [0, 0.05) is 12.8 Å². The summed E-state index contributed by atoms with van der Waals surface area (Å²) in [6.07, 6.45) is 87.9. The molecular weight excluding hydrogens is 971 g/mol. The Balaban J connectivity index is 3.42. The van der Waals surface area contributed by atoms with Crippen molar-refractivity contribution in [2.45, 2.75) is 405 Å². The molecule has 0 rings (SSSR count). The van der Waals surface area contributed by atoms with E-state index in [9.17, 15) is 19.8 Å². The molecular formula is C73H139NO5. The molecule has 0 saturated carbocycles. The summed E-state index contributed by atoms with van der Waals surface area (Å²) in [5.74, 6) is -0.0650. The van der Waals surface area contributed by atoms with Crippen LogP contribution in [-0.2, 0) is 14.3 Å². The molecule has 0 aromatic rings. The zero-order chi connectivity index (χ0) is 57.1. The fourth-order valence-corrected chi connectivity index (χ4v) is 11.2. The monoisotopic (exact) mass is 1110 g/mol. The van der Waals surface area contributed by atoms with Gasteiger partial charge in [0.05, 0.1) is 25.4 Å². The third-order valence-corrected chi connectivity index (χ3v) is 16.7. The lowest BCUT2D eigenvalue weighted by Gasteiger charge is -2.20. The summed E-state index contributed by atoms with van der Waals surface area (Å²) < 4.78 is 5.50. The van der Waals surface area contributed by atoms with Crippen molar-refractivity contribution in [1.82, 2.24) is 5.32 Å². The molecule has 0 aliphatic carbocycles. The van der Waals surface area contributed by atoms with E-state index < -0.39 is 12.1 Å². The van der Waals surface area contributed by atoms with Crippen LogP contribution < -0.4 is 5.32 Å². The number of amides is 1. The Bertz CT molecular complexity index is 1280. The molecule has 79 heavy (non-hydrogen) atoms. The van der Waals surface area contributed by atoms with Crippen molar-refractivity contribution in [2.75, 3.05) is 13.2 Å². The predicted molar refractivity (Wildman–Crippen MR) is 347 cm³/mol. The van der Waals surface area contributed by atoms with E-state index in [-0.39, 0.29) is 18.5 Å². The molecule has 0 aromatic carbocycles. The van der Waals surface area contributed by atoms with Crippen molar-refractivity contribution < 1.29 is 24.5 Å². The van der Waals surface area contributed by atoms with Gasteiger partial charge in [-0.25, -0.2) is 0 Å². The van der Waals surface area contributed by atoms with Crippen LogP contribution in [0.2, 0.25) is 0 Å². The average molecular weight is 1110 g/mol. The highest BCUT2D eigenvalue weighted by Crippen LogP contribution is 2.19. The summed E-state index contributed by atoms with van der Waals surface area (Å²) in [5.41, 5.74) is 0. The molecule has 0 saturated heterocycles. The molecule has 2 atom stereocenters. The minimum atomic E-state index is -0.849. The zero-order valence-electron chi connectivity index (χ0n) is 53.4. The smallest absolute Gasteiger partial charge is 0.305 e. The van der Waals surface area contributed by atoms with Gasteiger partial charge in [-0.15, -0.1) is 0 Å². The molecule has 1 amide bonds. The first-order chi connectivity index (χ1) is 39.0. The second-order valence-electron chi connectivity index (χ2n) is 24.6. The quantitative estimate of drug-likeness (QED) is 0.0320. The summed E-state index contributed by atoms with van der Waals surface area (Å²) in [6, 6.07) is -0.632. The Morgan fingerprint density at radius 1 is 0.354 bits per heavy atom. The van der Waals surface area contributed by atoms with E-state index in [0.29, 0.717) is 19.4 Å². The lowest BCUT2D eigenvalue weighted by Crippen LogP contribution is -2.45. The SMILES string of the molecule is CCCCCC/C=C\C/C=C\CCCCCCCCCC(=O)OCCCCCCCCCCCCCCCCCCCCCC(=O)NC(CO)C(O)/C=C/CCCCCCCCCCCCCCCCCCCCCCCCC. The molecule has 0 radical (unpaired) electrons. The standard InChI is InChI=1S/C73H139NO5/c1-3-5-7-9-11-13-15-17-19-21-23-24-25-26-27-28-30-33-37-41-45-49-53-57-61-65-71(76)70(69-75)74-72(77)66-62-58-54-50-46-42-38-34-31-29-32-36-40-44-48-52-56-60-64-68-79-73(78)67-63-59-55-51-47-43-39-35-22-20-18-16-14-12-10-8-6-4-2/h14,16,20,22,61,65,70-71,75-76H,3-13,15,17-19,21,23-60,62-64,66-69H2,1-2H3,(H,74,77)/b16-14-,22-20-,65-61+. The van der Waals surface area contributed by atoms with Crippen LogP contribution in [0.25, 0.3) is 0 Å². The Labute approximate surface area is 494 Å². The van der Waals surface area contributed by atoms with Gasteiger partial charge in [-0.3, -0.25) is 9.59 Å². The molecule has 0 aliphatic rings. The van der Waals surface area contributed by atoms with E-state index in [2.05, 4.69) is 43.5 Å². The molecule has 0 fully saturated rings. The van der Waals surface area contributed by atoms with Crippen LogP contribution in [0, 0.1) is 0 Å². The van der Waals surface area contributed by atoms with Gasteiger partial charge in [0.1, 0.15) is 0 Å². The number of allylic oxidation sites excluding steroid dienone is 5. The van der Waals surface area contributed by atoms with Crippen molar-refractivity contribution in [3.05, 3.63) is 36.5 Å². The van der Waals surface area contributed by atoms with E-state index in [1.807, 2.05) is 6.08 Å². The molecule has 466 valence electrons. The van der Waals surface area contributed by atoms with E-state index in [0.717, 1.165) is 51.4 Å². The van der Waals surface area contributed by atoms with Crippen LogP contribution in [0.15, 0.2) is 36.5 Å². The van der Waals surface area contributed by atoms with Crippen molar-refractivity contribution in [1.29, 1.82) is 0 Å². The maximum Gasteiger partial charge on any atom is 0.305 e. The molecule has 0 spiro atoms. The van der Waals surface area contributed by atoms with Crippen LogP contribution >= 0.6 is 0 Å². The summed E-state index contributed by atoms with van der Waals surface area (Å²) in [4.78, 5) is 24.6. The average Bonchev–Trinajstić information content (AvgIpc) is 3.45. The van der Waals surface area contributed by atoms with Gasteiger partial charge in [0.2, 0.25) is 5.91 Å². The lowest BCUT2D eigenvalue weighted by atomic mass is 10.0. The fourth-order valence-electron chi connectivity index (χ4n) is 11.2. The molecule has 0 heterocycles. The van der Waals surface area contributed by atoms with Gasteiger partial charge in [-0.2, -0.15) is 0 Å². The normalized spacial score (nSPS) is 12.7. The predicted octanol–water partition coefficient (Wildman–Crippen LogP) is 23.1. The molecule has 6 heteroatoms. The number of carbonyl (C=O) groups is 2. The zero-order valence-corrected chi connectivity index (χ0v) is 53.4. The highest BCUT2D eigenvalue weighted by molar-refractivity contribution is 5.76. The number of unbranched alkanes of at least 4 members (excludes halogenated alkanes) is 52. The van der Waals surface area contributed by atoms with Crippen molar-refractivity contribution in [3.63, 3.8) is 0 Å². The third kappa shape index (κ3) is 65.1. The van der Waals surface area contributed by atoms with Crippen molar-refractivity contribution >= 4 is 11.9 Å². The lowest BCUT2D eigenvalue weighted by molar-refractivity contribution is -0.143. The van der Waals surface area contributed by atoms with Crippen LogP contribution in [-0.4, -0.2) is 47.4 Å².